The minimum atomic E-state index is 0.303. The molecule has 1 aromatic carbocycles. The molecule has 2 aromatic heterocycles. The fourth-order valence-corrected chi connectivity index (χ4v) is 4.01. The summed E-state index contributed by atoms with van der Waals surface area (Å²) >= 11 is 0. The van der Waals surface area contributed by atoms with E-state index in [-0.39, 0.29) is 0 Å². The largest absolute Gasteiger partial charge is 0.378 e. The number of anilines is 2. The van der Waals surface area contributed by atoms with Gasteiger partial charge in [-0.15, -0.1) is 0 Å². The van der Waals surface area contributed by atoms with Gasteiger partial charge in [-0.25, -0.2) is 15.0 Å². The first kappa shape index (κ1) is 17.0. The van der Waals surface area contributed by atoms with Gasteiger partial charge in [0.25, 0.3) is 0 Å². The van der Waals surface area contributed by atoms with Crippen LogP contribution in [0.3, 0.4) is 0 Å². The lowest BCUT2D eigenvalue weighted by molar-refractivity contribution is 0.122. The molecule has 0 spiro atoms. The summed E-state index contributed by atoms with van der Waals surface area (Å²) in [5, 5.41) is 9.09. The zero-order chi connectivity index (χ0) is 18.9. The number of nitrogens with one attached hydrogen (secondary N) is 1. The molecule has 2 saturated heterocycles. The molecule has 4 heterocycles. The van der Waals surface area contributed by atoms with Gasteiger partial charge in [0, 0.05) is 44.5 Å². The van der Waals surface area contributed by atoms with E-state index in [1.54, 1.807) is 12.4 Å². The summed E-state index contributed by atoms with van der Waals surface area (Å²) in [6.45, 7) is 4.90. The highest BCUT2D eigenvalue weighted by molar-refractivity contribution is 5.77. The molecule has 0 saturated carbocycles. The molecule has 2 aliphatic heterocycles. The molecule has 0 amide bonds. The molecule has 28 heavy (non-hydrogen) atoms. The number of morpholine rings is 1. The van der Waals surface area contributed by atoms with Crippen molar-refractivity contribution in [2.75, 3.05) is 49.2 Å². The van der Waals surface area contributed by atoms with Gasteiger partial charge in [-0.05, 0) is 24.6 Å². The van der Waals surface area contributed by atoms with Crippen molar-refractivity contribution in [3.8, 4) is 6.07 Å². The summed E-state index contributed by atoms with van der Waals surface area (Å²) in [6, 6.07) is 7.75. The zero-order valence-electron chi connectivity index (χ0n) is 15.5. The van der Waals surface area contributed by atoms with Gasteiger partial charge in [0.2, 0.25) is 0 Å². The van der Waals surface area contributed by atoms with Crippen LogP contribution < -0.4 is 9.80 Å². The van der Waals surface area contributed by atoms with Gasteiger partial charge in [-0.1, -0.05) is 0 Å². The lowest BCUT2D eigenvalue weighted by Gasteiger charge is -2.31. The van der Waals surface area contributed by atoms with Crippen molar-refractivity contribution in [3.63, 3.8) is 0 Å². The number of aromatic amines is 1. The quantitative estimate of drug-likeness (QED) is 0.749. The fraction of sp³-hybridized carbons (Fsp3) is 0.400. The van der Waals surface area contributed by atoms with E-state index < -0.39 is 0 Å². The Kier molecular flexibility index (Phi) is 4.29. The SMILES string of the molecule is N#Cc1ccc2[nH]c(C3CCN(c4nccnc4N4CCOCC4)C3)nc2c1. The van der Waals surface area contributed by atoms with Crippen molar-refractivity contribution in [1.82, 2.24) is 19.9 Å². The number of aromatic nitrogens is 4. The average molecular weight is 375 g/mol. The molecule has 1 unspecified atom stereocenters. The van der Waals surface area contributed by atoms with Crippen molar-refractivity contribution in [1.29, 1.82) is 5.26 Å². The summed E-state index contributed by atoms with van der Waals surface area (Å²) in [4.78, 5) is 22.0. The van der Waals surface area contributed by atoms with Crippen molar-refractivity contribution in [3.05, 3.63) is 42.0 Å². The number of hydrogen-bond donors (Lipinski definition) is 1. The minimum absolute atomic E-state index is 0.303. The van der Waals surface area contributed by atoms with Gasteiger partial charge in [0.15, 0.2) is 11.6 Å². The first-order chi connectivity index (χ1) is 13.8. The Labute approximate surface area is 162 Å². The molecule has 2 fully saturated rings. The zero-order valence-corrected chi connectivity index (χ0v) is 15.5. The summed E-state index contributed by atoms with van der Waals surface area (Å²) in [7, 11) is 0. The van der Waals surface area contributed by atoms with E-state index in [1.165, 1.54) is 0 Å². The smallest absolute Gasteiger partial charge is 0.172 e. The number of ether oxygens (including phenoxy) is 1. The molecule has 8 nitrogen and oxygen atoms in total. The number of nitrogens with zero attached hydrogens (tertiary/aromatic N) is 6. The number of H-pyrrole nitrogens is 1. The second kappa shape index (κ2) is 7.09. The Balaban J connectivity index is 1.39. The van der Waals surface area contributed by atoms with Crippen LogP contribution in [0.15, 0.2) is 30.6 Å². The third kappa shape index (κ3) is 3.04. The topological polar surface area (TPSA) is 94.0 Å². The maximum atomic E-state index is 9.09. The molecule has 2 aliphatic rings. The van der Waals surface area contributed by atoms with Crippen LogP contribution >= 0.6 is 0 Å². The van der Waals surface area contributed by atoms with E-state index in [0.29, 0.717) is 11.5 Å². The van der Waals surface area contributed by atoms with Gasteiger partial charge < -0.3 is 19.5 Å². The monoisotopic (exact) mass is 375 g/mol. The number of fused-ring (bicyclic) bond motifs is 1. The van der Waals surface area contributed by atoms with E-state index in [9.17, 15) is 0 Å². The summed E-state index contributed by atoms with van der Waals surface area (Å²) < 4.78 is 5.47. The van der Waals surface area contributed by atoms with Gasteiger partial charge in [-0.3, -0.25) is 0 Å². The summed E-state index contributed by atoms with van der Waals surface area (Å²) in [5.41, 5.74) is 2.45. The number of imidazole rings is 1. The summed E-state index contributed by atoms with van der Waals surface area (Å²) in [6.07, 6.45) is 4.52. The highest BCUT2D eigenvalue weighted by Crippen LogP contribution is 2.33. The molecule has 0 radical (unpaired) electrons. The molecular formula is C20H21N7O. The number of benzene rings is 1. The number of rotatable bonds is 3. The second-order valence-corrected chi connectivity index (χ2v) is 7.20. The van der Waals surface area contributed by atoms with Gasteiger partial charge >= 0.3 is 0 Å². The fourth-order valence-electron chi connectivity index (χ4n) is 4.01. The maximum Gasteiger partial charge on any atom is 0.172 e. The molecule has 0 bridgehead atoms. The van der Waals surface area contributed by atoms with Crippen LogP contribution in [0.4, 0.5) is 11.6 Å². The Hall–Kier alpha value is -3.18. The predicted molar refractivity (Wildman–Crippen MR) is 105 cm³/mol. The first-order valence-corrected chi connectivity index (χ1v) is 9.60. The highest BCUT2D eigenvalue weighted by atomic mass is 16.5. The molecule has 1 N–H and O–H groups in total. The van der Waals surface area contributed by atoms with Crippen molar-refractivity contribution in [2.24, 2.45) is 0 Å². The number of hydrogen-bond acceptors (Lipinski definition) is 7. The van der Waals surface area contributed by atoms with Crippen LogP contribution in [0.25, 0.3) is 11.0 Å². The Bertz CT molecular complexity index is 1030. The van der Waals surface area contributed by atoms with Gasteiger partial charge in [0.1, 0.15) is 5.82 Å². The van der Waals surface area contributed by atoms with Crippen LogP contribution in [-0.4, -0.2) is 59.3 Å². The number of nitriles is 1. The Morgan fingerprint density at radius 3 is 2.64 bits per heavy atom. The van der Waals surface area contributed by atoms with E-state index in [2.05, 4.69) is 30.8 Å². The van der Waals surface area contributed by atoms with Crippen LogP contribution in [-0.2, 0) is 4.74 Å². The molecule has 5 rings (SSSR count). The van der Waals surface area contributed by atoms with E-state index in [0.717, 1.165) is 74.3 Å². The van der Waals surface area contributed by atoms with Crippen LogP contribution in [0.5, 0.6) is 0 Å². The predicted octanol–water partition coefficient (Wildman–Crippen LogP) is 2.06. The molecule has 1 atom stereocenters. The van der Waals surface area contributed by atoms with E-state index in [4.69, 9.17) is 15.0 Å². The third-order valence-corrected chi connectivity index (χ3v) is 5.48. The summed E-state index contributed by atoms with van der Waals surface area (Å²) in [5.74, 6) is 3.16. The lowest BCUT2D eigenvalue weighted by Crippen LogP contribution is -2.38. The van der Waals surface area contributed by atoms with Gasteiger partial charge in [0.05, 0.1) is 35.9 Å². The highest BCUT2D eigenvalue weighted by Gasteiger charge is 2.30. The maximum absolute atomic E-state index is 9.09. The Morgan fingerprint density at radius 1 is 1.07 bits per heavy atom. The van der Waals surface area contributed by atoms with Crippen LogP contribution in [0, 0.1) is 11.3 Å². The van der Waals surface area contributed by atoms with Crippen LogP contribution in [0.1, 0.15) is 23.7 Å². The minimum Gasteiger partial charge on any atom is -0.378 e. The molecule has 0 aliphatic carbocycles. The standard InChI is InChI=1S/C20H21N7O/c21-12-14-1-2-16-17(11-14)25-18(24-16)15-3-6-27(13-15)20-19(22-4-5-23-20)26-7-9-28-10-8-26/h1-2,4-5,11,15H,3,6-10,13H2,(H,24,25). The lowest BCUT2D eigenvalue weighted by atomic mass is 10.1. The Morgan fingerprint density at radius 2 is 1.86 bits per heavy atom. The third-order valence-electron chi connectivity index (χ3n) is 5.48. The van der Waals surface area contributed by atoms with Crippen LogP contribution in [0.2, 0.25) is 0 Å². The first-order valence-electron chi connectivity index (χ1n) is 9.60. The van der Waals surface area contributed by atoms with Crippen molar-refractivity contribution >= 4 is 22.7 Å². The molecule has 3 aromatic rings. The normalized spacial score (nSPS) is 19.9. The van der Waals surface area contributed by atoms with Gasteiger partial charge in [-0.2, -0.15) is 5.26 Å². The van der Waals surface area contributed by atoms with E-state index in [1.807, 2.05) is 18.2 Å². The second-order valence-electron chi connectivity index (χ2n) is 7.20. The molecule has 8 heteroatoms. The van der Waals surface area contributed by atoms with Crippen molar-refractivity contribution in [2.45, 2.75) is 12.3 Å². The average Bonchev–Trinajstić information content (AvgIpc) is 3.41. The molecule has 142 valence electrons. The van der Waals surface area contributed by atoms with E-state index >= 15 is 0 Å². The molecular weight excluding hydrogens is 354 g/mol. The van der Waals surface area contributed by atoms with Crippen molar-refractivity contribution < 1.29 is 4.74 Å².